The Kier molecular flexibility index (Phi) is 6.16. The predicted octanol–water partition coefficient (Wildman–Crippen LogP) is 4.28. The molecule has 3 aromatic rings. The van der Waals surface area contributed by atoms with Gasteiger partial charge < -0.3 is 10.6 Å². The number of carbonyl (C=O) groups excluding carboxylic acids is 2. The lowest BCUT2D eigenvalue weighted by Gasteiger charge is -2.15. The summed E-state index contributed by atoms with van der Waals surface area (Å²) >= 11 is 3.29. The van der Waals surface area contributed by atoms with Crippen molar-refractivity contribution >= 4 is 33.4 Å². The normalized spacial score (nSPS) is 11.3. The van der Waals surface area contributed by atoms with Gasteiger partial charge in [0.25, 0.3) is 11.8 Å². The first-order valence-corrected chi connectivity index (χ1v) is 9.75. The molecule has 0 radical (unpaired) electrons. The molecule has 0 spiro atoms. The van der Waals surface area contributed by atoms with Crippen molar-refractivity contribution in [1.29, 1.82) is 0 Å². The fraction of sp³-hybridized carbons (Fsp3) is 0.200. The molecule has 0 aliphatic rings. The van der Waals surface area contributed by atoms with Crippen molar-refractivity contribution in [2.24, 2.45) is 0 Å². The molecular formula is C20H17BrF3N5O2. The van der Waals surface area contributed by atoms with Gasteiger partial charge in [-0.2, -0.15) is 18.3 Å². The number of halogens is 4. The van der Waals surface area contributed by atoms with Crippen LogP contribution >= 0.6 is 15.9 Å². The number of nitrogens with zero attached hydrogens (tertiary/aromatic N) is 3. The Labute approximate surface area is 183 Å². The topological polar surface area (TPSA) is 88.9 Å². The van der Waals surface area contributed by atoms with E-state index < -0.39 is 23.7 Å². The van der Waals surface area contributed by atoms with Gasteiger partial charge in [0, 0.05) is 23.8 Å². The number of rotatable bonds is 4. The summed E-state index contributed by atoms with van der Waals surface area (Å²) in [6.45, 7) is 3.30. The Morgan fingerprint density at radius 1 is 1.10 bits per heavy atom. The fourth-order valence-corrected chi connectivity index (χ4v) is 3.51. The number of anilines is 1. The molecule has 0 aliphatic heterocycles. The first-order chi connectivity index (χ1) is 14.5. The van der Waals surface area contributed by atoms with Crippen LogP contribution in [0, 0.1) is 13.8 Å². The largest absolute Gasteiger partial charge is 0.435 e. The number of amides is 2. The zero-order valence-electron chi connectivity index (χ0n) is 16.6. The van der Waals surface area contributed by atoms with E-state index in [1.165, 1.54) is 19.3 Å². The maximum absolute atomic E-state index is 13.3. The van der Waals surface area contributed by atoms with Crippen LogP contribution in [0.15, 0.2) is 41.0 Å². The first-order valence-electron chi connectivity index (χ1n) is 8.95. The lowest BCUT2D eigenvalue weighted by molar-refractivity contribution is -0.141. The van der Waals surface area contributed by atoms with E-state index in [0.29, 0.717) is 21.7 Å². The monoisotopic (exact) mass is 495 g/mol. The van der Waals surface area contributed by atoms with Crippen LogP contribution in [0.5, 0.6) is 0 Å². The molecule has 1 aromatic carbocycles. The average Bonchev–Trinajstić information content (AvgIpc) is 3.15. The second-order valence-electron chi connectivity index (χ2n) is 6.65. The van der Waals surface area contributed by atoms with E-state index in [1.54, 1.807) is 32.0 Å². The van der Waals surface area contributed by atoms with Crippen LogP contribution in [0.2, 0.25) is 0 Å². The molecule has 0 saturated carbocycles. The van der Waals surface area contributed by atoms with Crippen LogP contribution in [0.4, 0.5) is 18.9 Å². The molecule has 3 rings (SSSR count). The summed E-state index contributed by atoms with van der Waals surface area (Å²) in [4.78, 5) is 29.4. The summed E-state index contributed by atoms with van der Waals surface area (Å²) in [5.41, 5.74) is -0.219. The maximum Gasteiger partial charge on any atom is 0.435 e. The summed E-state index contributed by atoms with van der Waals surface area (Å²) in [6.07, 6.45) is -3.37. The molecule has 0 fully saturated rings. The summed E-state index contributed by atoms with van der Waals surface area (Å²) < 4.78 is 41.4. The molecule has 2 N–H and O–H groups in total. The Bertz CT molecular complexity index is 1170. The van der Waals surface area contributed by atoms with Crippen molar-refractivity contribution in [3.05, 3.63) is 69.1 Å². The second kappa shape index (κ2) is 8.50. The summed E-state index contributed by atoms with van der Waals surface area (Å²) in [7, 11) is 1.43. The number of aryl methyl sites for hydroxylation is 2. The number of pyridine rings is 1. The number of alkyl halides is 3. The molecular weight excluding hydrogens is 479 g/mol. The summed E-state index contributed by atoms with van der Waals surface area (Å²) in [6, 6.07) is 7.08. The zero-order chi connectivity index (χ0) is 22.9. The highest BCUT2D eigenvalue weighted by Crippen LogP contribution is 2.31. The lowest BCUT2D eigenvalue weighted by Crippen LogP contribution is -2.23. The van der Waals surface area contributed by atoms with Crippen molar-refractivity contribution in [2.75, 3.05) is 12.4 Å². The molecule has 11 heteroatoms. The fourth-order valence-electron chi connectivity index (χ4n) is 2.94. The molecule has 7 nitrogen and oxygen atoms in total. The number of nitrogens with one attached hydrogen (secondary N) is 2. The highest BCUT2D eigenvalue weighted by Gasteiger charge is 2.36. The molecule has 2 amide bonds. The zero-order valence-corrected chi connectivity index (χ0v) is 18.2. The second-order valence-corrected chi connectivity index (χ2v) is 7.56. The van der Waals surface area contributed by atoms with E-state index in [2.05, 4.69) is 36.6 Å². The van der Waals surface area contributed by atoms with Gasteiger partial charge in [0.05, 0.1) is 11.3 Å². The van der Waals surface area contributed by atoms with E-state index in [1.807, 2.05) is 0 Å². The third kappa shape index (κ3) is 4.61. The van der Waals surface area contributed by atoms with Crippen molar-refractivity contribution in [3.8, 4) is 5.82 Å². The lowest BCUT2D eigenvalue weighted by atomic mass is 10.1. The van der Waals surface area contributed by atoms with Gasteiger partial charge >= 0.3 is 6.18 Å². The van der Waals surface area contributed by atoms with Gasteiger partial charge in [-0.1, -0.05) is 22.0 Å². The minimum absolute atomic E-state index is 0.0854. The van der Waals surface area contributed by atoms with Crippen LogP contribution in [0.25, 0.3) is 5.82 Å². The molecule has 0 saturated heterocycles. The van der Waals surface area contributed by atoms with E-state index >= 15 is 0 Å². The SMILES string of the molecule is CNC(=O)c1cc(Br)cc(C)c1NC(=O)c1cc(C(F)(F)F)nn1-c1ncccc1C. The molecule has 162 valence electrons. The van der Waals surface area contributed by atoms with Crippen LogP contribution in [0.3, 0.4) is 0 Å². The Morgan fingerprint density at radius 2 is 1.81 bits per heavy atom. The van der Waals surface area contributed by atoms with Crippen LogP contribution < -0.4 is 10.6 Å². The molecule has 2 aromatic heterocycles. The van der Waals surface area contributed by atoms with Gasteiger partial charge in [0.2, 0.25) is 0 Å². The number of hydrogen-bond donors (Lipinski definition) is 2. The van der Waals surface area contributed by atoms with Crippen LogP contribution in [-0.2, 0) is 6.18 Å². The number of aromatic nitrogens is 3. The van der Waals surface area contributed by atoms with Crippen molar-refractivity contribution in [1.82, 2.24) is 20.1 Å². The molecule has 2 heterocycles. The maximum atomic E-state index is 13.3. The highest BCUT2D eigenvalue weighted by molar-refractivity contribution is 9.10. The van der Waals surface area contributed by atoms with E-state index in [-0.39, 0.29) is 22.8 Å². The van der Waals surface area contributed by atoms with Crippen LogP contribution in [-0.4, -0.2) is 33.6 Å². The Hall–Kier alpha value is -3.21. The van der Waals surface area contributed by atoms with Gasteiger partial charge in [-0.15, -0.1) is 0 Å². The van der Waals surface area contributed by atoms with Gasteiger partial charge in [-0.05, 0) is 43.2 Å². The third-order valence-electron chi connectivity index (χ3n) is 4.43. The quantitative estimate of drug-likeness (QED) is 0.565. The Morgan fingerprint density at radius 3 is 2.42 bits per heavy atom. The van der Waals surface area contributed by atoms with Crippen molar-refractivity contribution < 1.29 is 22.8 Å². The summed E-state index contributed by atoms with van der Waals surface area (Å²) in [5, 5.41) is 8.59. The van der Waals surface area contributed by atoms with Crippen LogP contribution in [0.1, 0.15) is 37.7 Å². The van der Waals surface area contributed by atoms with Gasteiger partial charge in [0.1, 0.15) is 5.69 Å². The van der Waals surface area contributed by atoms with E-state index in [4.69, 9.17) is 0 Å². The smallest absolute Gasteiger partial charge is 0.355 e. The van der Waals surface area contributed by atoms with Crippen molar-refractivity contribution in [3.63, 3.8) is 0 Å². The standard InChI is InChI=1S/C20H17BrF3N5O2/c1-10-5-4-6-26-17(10)29-14(9-15(28-29)20(22,23)24)19(31)27-16-11(2)7-12(21)8-13(16)18(30)25-3/h4-9H,1-3H3,(H,25,30)(H,27,31). The summed E-state index contributed by atoms with van der Waals surface area (Å²) in [5.74, 6) is -1.25. The Balaban J connectivity index is 2.12. The number of hydrogen-bond acceptors (Lipinski definition) is 4. The van der Waals surface area contributed by atoms with Gasteiger partial charge in [-0.25, -0.2) is 9.67 Å². The first kappa shape index (κ1) is 22.5. The van der Waals surface area contributed by atoms with Crippen molar-refractivity contribution in [2.45, 2.75) is 20.0 Å². The average molecular weight is 496 g/mol. The highest BCUT2D eigenvalue weighted by atomic mass is 79.9. The van der Waals surface area contributed by atoms with E-state index in [0.717, 1.165) is 4.68 Å². The number of carbonyl (C=O) groups is 2. The van der Waals surface area contributed by atoms with Gasteiger partial charge in [0.15, 0.2) is 11.5 Å². The van der Waals surface area contributed by atoms with E-state index in [9.17, 15) is 22.8 Å². The minimum Gasteiger partial charge on any atom is -0.355 e. The third-order valence-corrected chi connectivity index (χ3v) is 4.88. The molecule has 0 bridgehead atoms. The number of benzene rings is 1. The molecule has 0 unspecified atom stereocenters. The van der Waals surface area contributed by atoms with Gasteiger partial charge in [-0.3, -0.25) is 9.59 Å². The molecule has 0 atom stereocenters. The minimum atomic E-state index is -4.76. The molecule has 31 heavy (non-hydrogen) atoms. The molecule has 0 aliphatic carbocycles. The predicted molar refractivity (Wildman–Crippen MR) is 111 cm³/mol.